The van der Waals surface area contributed by atoms with Crippen LogP contribution < -0.4 is 5.32 Å². The number of imide groups is 1. The topological polar surface area (TPSA) is 83.6 Å². The number of hydrogen-bond acceptors (Lipinski definition) is 4. The molecule has 1 aliphatic heterocycles. The maximum atomic E-state index is 13.2. The van der Waals surface area contributed by atoms with Gasteiger partial charge in [0.2, 0.25) is 0 Å². The van der Waals surface area contributed by atoms with Crippen LogP contribution in [0.15, 0.2) is 47.4 Å². The van der Waals surface area contributed by atoms with Gasteiger partial charge in [-0.1, -0.05) is 35.3 Å². The zero-order valence-corrected chi connectivity index (χ0v) is 16.9. The van der Waals surface area contributed by atoms with Crippen LogP contribution in [0.2, 0.25) is 10.0 Å². The molecule has 1 heterocycles. The van der Waals surface area contributed by atoms with E-state index in [0.717, 1.165) is 4.90 Å². The molecule has 28 heavy (non-hydrogen) atoms. The minimum absolute atomic E-state index is 0.00208. The molecule has 0 aliphatic carbocycles. The second-order valence-electron chi connectivity index (χ2n) is 6.41. The summed E-state index contributed by atoms with van der Waals surface area (Å²) < 4.78 is 38.3. The summed E-state index contributed by atoms with van der Waals surface area (Å²) in [5, 5.41) is 2.73. The monoisotopic (exact) mass is 444 g/mol. The van der Waals surface area contributed by atoms with Gasteiger partial charge in [0.25, 0.3) is 5.91 Å². The highest BCUT2D eigenvalue weighted by Gasteiger charge is 2.49. The molecule has 1 N–H and O–H groups in total. The Kier molecular flexibility index (Phi) is 5.40. The number of nitrogens with one attached hydrogen (secondary N) is 1. The number of carbonyl (C=O) groups is 2. The van der Waals surface area contributed by atoms with Crippen molar-refractivity contribution in [1.29, 1.82) is 0 Å². The highest BCUT2D eigenvalue weighted by atomic mass is 35.5. The molecular weight excluding hydrogens is 430 g/mol. The SMILES string of the molecule is CC1(c2ccc(F)cc2)NC(=O)N(CCS(=O)(=O)c2cc(Cl)ccc2Cl)C1=O. The standard InChI is InChI=1S/C18H15Cl2FN2O4S/c1-18(11-2-5-13(21)6-3-11)16(24)23(17(25)22-18)8-9-28(26,27)15-10-12(19)4-7-14(15)20/h2-7,10H,8-9H2,1H3,(H,22,25). The first-order valence-electron chi connectivity index (χ1n) is 8.12. The first-order chi connectivity index (χ1) is 13.0. The van der Waals surface area contributed by atoms with Gasteiger partial charge in [-0.3, -0.25) is 9.69 Å². The molecular formula is C18H15Cl2FN2O4S. The van der Waals surface area contributed by atoms with Gasteiger partial charge in [0.1, 0.15) is 11.4 Å². The second kappa shape index (κ2) is 7.35. The largest absolute Gasteiger partial charge is 0.325 e. The minimum Gasteiger partial charge on any atom is -0.319 e. The fourth-order valence-corrected chi connectivity index (χ4v) is 4.94. The lowest BCUT2D eigenvalue weighted by Crippen LogP contribution is -2.41. The zero-order valence-electron chi connectivity index (χ0n) is 14.6. The summed E-state index contributed by atoms with van der Waals surface area (Å²) in [6, 6.07) is 8.42. The van der Waals surface area contributed by atoms with Crippen LogP contribution >= 0.6 is 23.2 Å². The Morgan fingerprint density at radius 1 is 1.11 bits per heavy atom. The van der Waals surface area contributed by atoms with Crippen molar-refractivity contribution in [2.24, 2.45) is 0 Å². The van der Waals surface area contributed by atoms with Gasteiger partial charge in [0, 0.05) is 11.6 Å². The third kappa shape index (κ3) is 3.72. The molecule has 3 amide bonds. The fourth-order valence-electron chi connectivity index (χ4n) is 2.92. The van der Waals surface area contributed by atoms with E-state index < -0.39 is 38.9 Å². The molecule has 0 radical (unpaired) electrons. The second-order valence-corrected chi connectivity index (χ2v) is 9.33. The first-order valence-corrected chi connectivity index (χ1v) is 10.5. The highest BCUT2D eigenvalue weighted by Crippen LogP contribution is 2.30. The number of hydrogen-bond donors (Lipinski definition) is 1. The summed E-state index contributed by atoms with van der Waals surface area (Å²) >= 11 is 11.8. The van der Waals surface area contributed by atoms with E-state index in [1.54, 1.807) is 0 Å². The maximum Gasteiger partial charge on any atom is 0.325 e. The molecule has 0 aromatic heterocycles. The minimum atomic E-state index is -3.90. The molecule has 148 valence electrons. The van der Waals surface area contributed by atoms with E-state index in [4.69, 9.17) is 23.2 Å². The summed E-state index contributed by atoms with van der Waals surface area (Å²) in [6.45, 7) is 1.11. The summed E-state index contributed by atoms with van der Waals surface area (Å²) in [7, 11) is -3.90. The van der Waals surface area contributed by atoms with Crippen molar-refractivity contribution in [3.63, 3.8) is 0 Å². The van der Waals surface area contributed by atoms with E-state index in [2.05, 4.69) is 5.32 Å². The number of benzene rings is 2. The summed E-state index contributed by atoms with van der Waals surface area (Å²) in [4.78, 5) is 25.7. The number of sulfone groups is 1. The lowest BCUT2D eigenvalue weighted by molar-refractivity contribution is -0.130. The van der Waals surface area contributed by atoms with Gasteiger partial charge in [-0.05, 0) is 42.8 Å². The number of amides is 3. The van der Waals surface area contributed by atoms with E-state index in [1.807, 2.05) is 0 Å². The van der Waals surface area contributed by atoms with Crippen LogP contribution in [0.3, 0.4) is 0 Å². The number of carbonyl (C=O) groups excluding carboxylic acids is 2. The number of halogens is 3. The van der Waals surface area contributed by atoms with Gasteiger partial charge in [0.15, 0.2) is 9.84 Å². The van der Waals surface area contributed by atoms with Gasteiger partial charge in [-0.15, -0.1) is 0 Å². The molecule has 10 heteroatoms. The van der Waals surface area contributed by atoms with E-state index in [0.29, 0.717) is 5.56 Å². The van der Waals surface area contributed by atoms with Crippen LogP contribution in [0.25, 0.3) is 0 Å². The number of urea groups is 1. The van der Waals surface area contributed by atoms with E-state index in [9.17, 15) is 22.4 Å². The van der Waals surface area contributed by atoms with Crippen molar-refractivity contribution in [1.82, 2.24) is 10.2 Å². The number of nitrogens with zero attached hydrogens (tertiary/aromatic N) is 1. The van der Waals surface area contributed by atoms with Crippen LogP contribution in [0.4, 0.5) is 9.18 Å². The van der Waals surface area contributed by atoms with Crippen molar-refractivity contribution >= 4 is 45.0 Å². The smallest absolute Gasteiger partial charge is 0.319 e. The lowest BCUT2D eigenvalue weighted by atomic mass is 9.92. The zero-order chi connectivity index (χ0) is 20.7. The Bertz CT molecular complexity index is 1060. The molecule has 2 aromatic rings. The van der Waals surface area contributed by atoms with Gasteiger partial charge < -0.3 is 5.32 Å². The highest BCUT2D eigenvalue weighted by molar-refractivity contribution is 7.91. The molecule has 1 unspecified atom stereocenters. The van der Waals surface area contributed by atoms with Crippen LogP contribution in [-0.2, 0) is 20.2 Å². The normalized spacial score (nSPS) is 19.8. The number of rotatable bonds is 5. The van der Waals surface area contributed by atoms with Crippen LogP contribution in [0.5, 0.6) is 0 Å². The molecule has 1 atom stereocenters. The van der Waals surface area contributed by atoms with Crippen LogP contribution in [0, 0.1) is 5.82 Å². The van der Waals surface area contributed by atoms with Gasteiger partial charge in [-0.2, -0.15) is 0 Å². The van der Waals surface area contributed by atoms with Crippen molar-refractivity contribution in [2.45, 2.75) is 17.4 Å². The van der Waals surface area contributed by atoms with E-state index in [-0.39, 0.29) is 21.5 Å². The van der Waals surface area contributed by atoms with Crippen molar-refractivity contribution in [3.05, 3.63) is 63.9 Å². The maximum absolute atomic E-state index is 13.2. The van der Waals surface area contributed by atoms with E-state index >= 15 is 0 Å². The Hall–Kier alpha value is -2.16. The summed E-state index contributed by atoms with van der Waals surface area (Å²) in [5.41, 5.74) is -1.03. The average molecular weight is 445 g/mol. The Labute approximate surface area is 171 Å². The molecule has 0 spiro atoms. The fraction of sp³-hybridized carbons (Fsp3) is 0.222. The average Bonchev–Trinajstić information content (AvgIpc) is 2.85. The quantitative estimate of drug-likeness (QED) is 0.716. The third-order valence-electron chi connectivity index (χ3n) is 4.51. The van der Waals surface area contributed by atoms with Crippen molar-refractivity contribution < 1.29 is 22.4 Å². The van der Waals surface area contributed by atoms with Crippen LogP contribution in [0.1, 0.15) is 12.5 Å². The summed E-state index contributed by atoms with van der Waals surface area (Å²) in [5.74, 6) is -1.63. The lowest BCUT2D eigenvalue weighted by Gasteiger charge is -2.22. The predicted molar refractivity (Wildman–Crippen MR) is 103 cm³/mol. The first kappa shape index (κ1) is 20.6. The van der Waals surface area contributed by atoms with Gasteiger partial charge >= 0.3 is 6.03 Å². The van der Waals surface area contributed by atoms with Crippen molar-refractivity contribution in [2.75, 3.05) is 12.3 Å². The summed E-state index contributed by atoms with van der Waals surface area (Å²) in [6.07, 6.45) is 0. The van der Waals surface area contributed by atoms with Gasteiger partial charge in [0.05, 0.1) is 15.7 Å². The van der Waals surface area contributed by atoms with Crippen molar-refractivity contribution in [3.8, 4) is 0 Å². The Morgan fingerprint density at radius 3 is 2.39 bits per heavy atom. The molecule has 6 nitrogen and oxygen atoms in total. The molecule has 1 saturated heterocycles. The van der Waals surface area contributed by atoms with Gasteiger partial charge in [-0.25, -0.2) is 17.6 Å². The molecule has 3 rings (SSSR count). The predicted octanol–water partition coefficient (Wildman–Crippen LogP) is 3.37. The molecule has 1 fully saturated rings. The van der Waals surface area contributed by atoms with Crippen LogP contribution in [-0.4, -0.2) is 37.6 Å². The third-order valence-corrected chi connectivity index (χ3v) is 6.91. The molecule has 1 aliphatic rings. The Balaban J connectivity index is 1.81. The molecule has 0 bridgehead atoms. The van der Waals surface area contributed by atoms with E-state index in [1.165, 1.54) is 49.4 Å². The molecule has 2 aromatic carbocycles. The molecule has 0 saturated carbocycles. The Morgan fingerprint density at radius 2 is 1.75 bits per heavy atom.